The van der Waals surface area contributed by atoms with Crippen molar-refractivity contribution in [2.45, 2.75) is 39.5 Å². The van der Waals surface area contributed by atoms with Crippen LogP contribution < -0.4 is 5.32 Å². The van der Waals surface area contributed by atoms with Crippen LogP contribution in [0.3, 0.4) is 0 Å². The molecule has 1 unspecified atom stereocenters. The molecule has 1 rings (SSSR count). The van der Waals surface area contributed by atoms with E-state index in [0.29, 0.717) is 126 Å². The second-order valence-corrected chi connectivity index (χ2v) is 11.7. The number of rotatable bonds is 41. The lowest BCUT2D eigenvalue weighted by Crippen LogP contribution is -2.20. The van der Waals surface area contributed by atoms with Gasteiger partial charge >= 0.3 is 5.97 Å². The zero-order chi connectivity index (χ0) is 40.0. The molecule has 0 aromatic heterocycles. The van der Waals surface area contributed by atoms with Gasteiger partial charge in [-0.25, -0.2) is 0 Å². The van der Waals surface area contributed by atoms with Crippen LogP contribution >= 0.6 is 0 Å². The van der Waals surface area contributed by atoms with Gasteiger partial charge in [0.2, 0.25) is 0 Å². The number of nitrogens with one attached hydrogen (secondary N) is 1. The number of benzene rings is 1. The van der Waals surface area contributed by atoms with Gasteiger partial charge in [-0.15, -0.1) is 0 Å². The Bertz CT molecular complexity index is 1100. The summed E-state index contributed by atoms with van der Waals surface area (Å²) in [6, 6.07) is 3.42. The van der Waals surface area contributed by atoms with E-state index in [2.05, 4.69) is 12.2 Å². The Balaban J connectivity index is 1.73. The van der Waals surface area contributed by atoms with E-state index in [-0.39, 0.29) is 48.7 Å². The van der Waals surface area contributed by atoms with E-state index in [0.717, 1.165) is 31.7 Å². The topological polar surface area (TPSA) is 217 Å². The molecule has 1 N–H and O–H groups in total. The van der Waals surface area contributed by atoms with Crippen LogP contribution in [-0.4, -0.2) is 161 Å². The van der Waals surface area contributed by atoms with Crippen LogP contribution in [0.5, 0.6) is 0 Å². The standard InChI is InChI=1S/C36H63N3O16/c1-3-5-6-32(4-2)36(40)55-30-29-54-28-27-53-26-25-52-24-23-51-22-21-50-20-19-49-18-17-48-16-15-47-14-13-46-12-11-45-10-9-37-34-8-7-33(38(41)42)31-35(34)39(43)44/h7-8,31-32,37H,3-6,9-30H2,1-2H3. The molecule has 0 aliphatic heterocycles. The highest BCUT2D eigenvalue weighted by atomic mass is 16.6. The number of hydrogen-bond acceptors (Lipinski definition) is 17. The molecule has 0 radical (unpaired) electrons. The molecule has 1 aromatic rings. The van der Waals surface area contributed by atoms with Gasteiger partial charge in [0.25, 0.3) is 11.4 Å². The van der Waals surface area contributed by atoms with Gasteiger partial charge in [0.1, 0.15) is 12.3 Å². The number of carbonyl (C=O) groups excluding carboxylic acids is 1. The molecule has 1 aromatic carbocycles. The van der Waals surface area contributed by atoms with E-state index in [4.69, 9.17) is 52.1 Å². The third kappa shape index (κ3) is 28.9. The highest BCUT2D eigenvalue weighted by molar-refractivity contribution is 5.72. The van der Waals surface area contributed by atoms with Crippen molar-refractivity contribution in [2.24, 2.45) is 5.92 Å². The lowest BCUT2D eigenvalue weighted by molar-refractivity contribution is -0.393. The second kappa shape index (κ2) is 36.5. The number of nitro benzene ring substituents is 2. The van der Waals surface area contributed by atoms with Crippen LogP contribution in [0, 0.1) is 26.1 Å². The number of carbonyl (C=O) groups is 1. The Hall–Kier alpha value is -3.11. The number of nitro groups is 2. The van der Waals surface area contributed by atoms with E-state index in [1.807, 2.05) is 6.92 Å². The number of ether oxygens (including phenoxy) is 11. The highest BCUT2D eigenvalue weighted by Crippen LogP contribution is 2.28. The summed E-state index contributed by atoms with van der Waals surface area (Å²) in [6.45, 7) is 13.2. The van der Waals surface area contributed by atoms with E-state index < -0.39 is 9.85 Å². The number of nitrogens with zero attached hydrogens (tertiary/aromatic N) is 2. The minimum Gasteiger partial charge on any atom is -0.463 e. The van der Waals surface area contributed by atoms with Crippen molar-refractivity contribution in [3.8, 4) is 0 Å². The van der Waals surface area contributed by atoms with Gasteiger partial charge in [0.15, 0.2) is 0 Å². The highest BCUT2D eigenvalue weighted by Gasteiger charge is 2.19. The van der Waals surface area contributed by atoms with Crippen LogP contribution in [0.4, 0.5) is 17.1 Å². The first kappa shape index (κ1) is 49.9. The first-order chi connectivity index (χ1) is 26.9. The first-order valence-corrected chi connectivity index (χ1v) is 19.0. The molecule has 0 fully saturated rings. The van der Waals surface area contributed by atoms with Gasteiger partial charge in [-0.1, -0.05) is 26.7 Å². The maximum absolute atomic E-state index is 12.0. The lowest BCUT2D eigenvalue weighted by atomic mass is 10.00. The van der Waals surface area contributed by atoms with Gasteiger partial charge in [-0.3, -0.25) is 25.0 Å². The summed E-state index contributed by atoms with van der Waals surface area (Å²) in [6.07, 6.45) is 3.79. The van der Waals surface area contributed by atoms with Crippen molar-refractivity contribution in [3.63, 3.8) is 0 Å². The van der Waals surface area contributed by atoms with Gasteiger partial charge in [0, 0.05) is 12.6 Å². The van der Waals surface area contributed by atoms with Crippen LogP contribution in [0.25, 0.3) is 0 Å². The minimum absolute atomic E-state index is 0.0173. The number of non-ortho nitro benzene ring substituents is 1. The SMILES string of the molecule is CCCCC(CC)C(=O)OCCOCCOCCOCCOCCOCCOCCOCCOCCOCCOCCNc1ccc([N+](=O)[O-])cc1[N+](=O)[O-]. The van der Waals surface area contributed by atoms with Crippen molar-refractivity contribution < 1.29 is 66.7 Å². The molecule has 0 amide bonds. The Labute approximate surface area is 324 Å². The fourth-order valence-electron chi connectivity index (χ4n) is 4.53. The monoisotopic (exact) mass is 793 g/mol. The largest absolute Gasteiger partial charge is 0.463 e. The summed E-state index contributed by atoms with van der Waals surface area (Å²) in [4.78, 5) is 32.6. The van der Waals surface area contributed by atoms with Gasteiger partial charge < -0.3 is 57.4 Å². The van der Waals surface area contributed by atoms with Crippen LogP contribution in [-0.2, 0) is 56.9 Å². The number of esters is 1. The Morgan fingerprint density at radius 1 is 0.582 bits per heavy atom. The first-order valence-electron chi connectivity index (χ1n) is 19.0. The summed E-state index contributed by atoms with van der Waals surface area (Å²) in [5.41, 5.74) is -0.535. The lowest BCUT2D eigenvalue weighted by Gasteiger charge is -2.13. The van der Waals surface area contributed by atoms with Gasteiger partial charge in [0.05, 0.1) is 154 Å². The molecule has 19 nitrogen and oxygen atoms in total. The zero-order valence-electron chi connectivity index (χ0n) is 32.6. The van der Waals surface area contributed by atoms with Crippen molar-refractivity contribution >= 4 is 23.0 Å². The Morgan fingerprint density at radius 3 is 1.31 bits per heavy atom. The maximum atomic E-state index is 12.0. The summed E-state index contributed by atoms with van der Waals surface area (Å²) in [5.74, 6) is -0.150. The van der Waals surface area contributed by atoms with Crippen LogP contribution in [0.15, 0.2) is 18.2 Å². The van der Waals surface area contributed by atoms with Crippen molar-refractivity contribution in [3.05, 3.63) is 38.4 Å². The molecule has 55 heavy (non-hydrogen) atoms. The average molecular weight is 794 g/mol. The fourth-order valence-corrected chi connectivity index (χ4v) is 4.53. The fraction of sp³-hybridized carbons (Fsp3) is 0.806. The molecule has 0 saturated heterocycles. The molecular formula is C36H63N3O16. The molecule has 19 heteroatoms. The molecule has 0 spiro atoms. The maximum Gasteiger partial charge on any atom is 0.308 e. The molecule has 1 atom stereocenters. The molecular weight excluding hydrogens is 730 g/mol. The zero-order valence-corrected chi connectivity index (χ0v) is 32.6. The predicted octanol–water partition coefficient (Wildman–Crippen LogP) is 3.84. The smallest absolute Gasteiger partial charge is 0.308 e. The molecule has 0 bridgehead atoms. The number of anilines is 1. The second-order valence-electron chi connectivity index (χ2n) is 11.7. The predicted molar refractivity (Wildman–Crippen MR) is 201 cm³/mol. The van der Waals surface area contributed by atoms with Gasteiger partial charge in [-0.2, -0.15) is 0 Å². The summed E-state index contributed by atoms with van der Waals surface area (Å²) >= 11 is 0. The Morgan fingerprint density at radius 2 is 0.964 bits per heavy atom. The molecule has 0 aliphatic carbocycles. The van der Waals surface area contributed by atoms with Crippen LogP contribution in [0.1, 0.15) is 39.5 Å². The summed E-state index contributed by atoms with van der Waals surface area (Å²) in [5, 5.41) is 24.8. The quantitative estimate of drug-likeness (QED) is 0.0431. The van der Waals surface area contributed by atoms with E-state index in [1.54, 1.807) is 0 Å². The Kier molecular flexibility index (Phi) is 33.1. The molecule has 0 heterocycles. The summed E-state index contributed by atoms with van der Waals surface area (Å²) in [7, 11) is 0. The third-order valence-electron chi connectivity index (χ3n) is 7.50. The normalized spacial score (nSPS) is 11.8. The third-order valence-corrected chi connectivity index (χ3v) is 7.50. The molecule has 0 saturated carbocycles. The van der Waals surface area contributed by atoms with Crippen molar-refractivity contribution in [1.82, 2.24) is 0 Å². The average Bonchev–Trinajstić information content (AvgIpc) is 3.18. The summed E-state index contributed by atoms with van der Waals surface area (Å²) < 4.78 is 59.9. The number of hydrogen-bond donors (Lipinski definition) is 1. The van der Waals surface area contributed by atoms with E-state index in [1.165, 1.54) is 12.1 Å². The minimum atomic E-state index is -0.683. The van der Waals surface area contributed by atoms with E-state index >= 15 is 0 Å². The van der Waals surface area contributed by atoms with E-state index in [9.17, 15) is 25.0 Å². The molecule has 0 aliphatic rings. The van der Waals surface area contributed by atoms with Crippen LogP contribution in [0.2, 0.25) is 0 Å². The van der Waals surface area contributed by atoms with Gasteiger partial charge in [-0.05, 0) is 18.9 Å². The van der Waals surface area contributed by atoms with Crippen molar-refractivity contribution in [2.75, 3.05) is 151 Å². The van der Waals surface area contributed by atoms with Crippen molar-refractivity contribution in [1.29, 1.82) is 0 Å². The molecule has 318 valence electrons. The number of unbranched alkanes of at least 4 members (excludes halogenated alkanes) is 1.